The first-order valence-electron chi connectivity index (χ1n) is 5.56. The second-order valence-electron chi connectivity index (χ2n) is 4.27. The summed E-state index contributed by atoms with van der Waals surface area (Å²) >= 11 is 1.28. The van der Waals surface area contributed by atoms with E-state index in [2.05, 4.69) is 0 Å². The van der Waals surface area contributed by atoms with Gasteiger partial charge < -0.3 is 4.79 Å². The number of hydrogen-bond acceptors (Lipinski definition) is 4. The highest BCUT2D eigenvalue weighted by molar-refractivity contribution is 7.91. The number of aryl methyl sites for hydroxylation is 1. The summed E-state index contributed by atoms with van der Waals surface area (Å²) in [5, 5.41) is 0. The lowest BCUT2D eigenvalue weighted by Gasteiger charge is -2.28. The van der Waals surface area contributed by atoms with Crippen molar-refractivity contribution in [3.63, 3.8) is 0 Å². The number of aldehydes is 1. The summed E-state index contributed by atoms with van der Waals surface area (Å²) in [6.45, 7) is 2.72. The largest absolute Gasteiger partial charge is 0.303 e. The Morgan fingerprint density at radius 3 is 2.82 bits per heavy atom. The minimum absolute atomic E-state index is 0.153. The zero-order chi connectivity index (χ0) is 12.5. The minimum Gasteiger partial charge on any atom is -0.303 e. The summed E-state index contributed by atoms with van der Waals surface area (Å²) in [5.74, 6) is -0.153. The van der Waals surface area contributed by atoms with Gasteiger partial charge in [0, 0.05) is 23.9 Å². The molecule has 0 bridgehead atoms. The van der Waals surface area contributed by atoms with Crippen LogP contribution in [-0.2, 0) is 14.8 Å². The van der Waals surface area contributed by atoms with E-state index in [1.807, 2.05) is 6.92 Å². The van der Waals surface area contributed by atoms with Crippen LogP contribution in [-0.4, -0.2) is 32.1 Å². The first-order valence-corrected chi connectivity index (χ1v) is 7.81. The van der Waals surface area contributed by atoms with E-state index in [1.165, 1.54) is 15.6 Å². The molecule has 0 saturated carbocycles. The third kappa shape index (κ3) is 2.59. The topological polar surface area (TPSA) is 54.5 Å². The Balaban J connectivity index is 2.23. The van der Waals surface area contributed by atoms with Crippen molar-refractivity contribution in [3.8, 4) is 0 Å². The molecule has 1 aliphatic heterocycles. The molecule has 2 rings (SSSR count). The molecule has 1 aromatic heterocycles. The van der Waals surface area contributed by atoms with E-state index in [1.54, 1.807) is 12.1 Å². The molecule has 1 fully saturated rings. The Hall–Kier alpha value is -0.720. The first kappa shape index (κ1) is 12.7. The van der Waals surface area contributed by atoms with Crippen molar-refractivity contribution in [1.82, 2.24) is 4.31 Å². The number of thiophene rings is 1. The summed E-state index contributed by atoms with van der Waals surface area (Å²) in [6.07, 6.45) is 2.41. The molecule has 0 radical (unpaired) electrons. The summed E-state index contributed by atoms with van der Waals surface area (Å²) in [5.41, 5.74) is 0. The fourth-order valence-electron chi connectivity index (χ4n) is 1.98. The van der Waals surface area contributed by atoms with Gasteiger partial charge in [-0.1, -0.05) is 0 Å². The van der Waals surface area contributed by atoms with Gasteiger partial charge in [0.15, 0.2) is 0 Å². The maximum atomic E-state index is 12.3. The Kier molecular flexibility index (Phi) is 3.65. The van der Waals surface area contributed by atoms with Crippen molar-refractivity contribution in [3.05, 3.63) is 17.0 Å². The normalized spacial score (nSPS) is 22.5. The van der Waals surface area contributed by atoms with Crippen LogP contribution in [0.4, 0.5) is 0 Å². The number of rotatable bonds is 3. The van der Waals surface area contributed by atoms with Gasteiger partial charge in [-0.3, -0.25) is 0 Å². The van der Waals surface area contributed by atoms with Gasteiger partial charge >= 0.3 is 0 Å². The van der Waals surface area contributed by atoms with Crippen molar-refractivity contribution < 1.29 is 13.2 Å². The van der Waals surface area contributed by atoms with Crippen LogP contribution >= 0.6 is 11.3 Å². The molecule has 0 amide bonds. The molecule has 4 nitrogen and oxygen atoms in total. The maximum absolute atomic E-state index is 12.3. The van der Waals surface area contributed by atoms with E-state index in [0.717, 1.165) is 24.0 Å². The number of hydrogen-bond donors (Lipinski definition) is 0. The van der Waals surface area contributed by atoms with E-state index in [4.69, 9.17) is 0 Å². The quantitative estimate of drug-likeness (QED) is 0.787. The van der Waals surface area contributed by atoms with Gasteiger partial charge in [-0.2, -0.15) is 4.31 Å². The van der Waals surface area contributed by atoms with Crippen molar-refractivity contribution in [2.24, 2.45) is 5.92 Å². The van der Waals surface area contributed by atoms with Crippen molar-refractivity contribution in [1.29, 1.82) is 0 Å². The molecule has 1 unspecified atom stereocenters. The summed E-state index contributed by atoms with van der Waals surface area (Å²) in [4.78, 5) is 11.7. The highest BCUT2D eigenvalue weighted by Gasteiger charge is 2.30. The van der Waals surface area contributed by atoms with Crippen molar-refractivity contribution in [2.75, 3.05) is 13.1 Å². The van der Waals surface area contributed by atoms with Crippen molar-refractivity contribution >= 4 is 27.6 Å². The predicted octanol–water partition coefficient (Wildman–Crippen LogP) is 1.66. The van der Waals surface area contributed by atoms with Crippen LogP contribution in [0, 0.1) is 12.8 Å². The fraction of sp³-hybridized carbons (Fsp3) is 0.545. The molecule has 94 valence electrons. The number of carbonyl (C=O) groups is 1. The van der Waals surface area contributed by atoms with Gasteiger partial charge in [-0.15, -0.1) is 11.3 Å². The zero-order valence-corrected chi connectivity index (χ0v) is 11.3. The highest BCUT2D eigenvalue weighted by Crippen LogP contribution is 2.27. The molecule has 1 aromatic rings. The van der Waals surface area contributed by atoms with Gasteiger partial charge in [0.1, 0.15) is 10.5 Å². The highest BCUT2D eigenvalue weighted by atomic mass is 32.2. The number of piperidine rings is 1. The third-order valence-corrected chi connectivity index (χ3v) is 6.26. The van der Waals surface area contributed by atoms with E-state index in [-0.39, 0.29) is 5.92 Å². The van der Waals surface area contributed by atoms with Crippen LogP contribution in [0.5, 0.6) is 0 Å². The smallest absolute Gasteiger partial charge is 0.252 e. The van der Waals surface area contributed by atoms with Crippen LogP contribution in [0.25, 0.3) is 0 Å². The Bertz CT molecular complexity index is 507. The molecule has 0 spiro atoms. The SMILES string of the molecule is Cc1ccc(S(=O)(=O)N2CCCC(C=O)C2)s1. The van der Waals surface area contributed by atoms with Crippen LogP contribution in [0.1, 0.15) is 17.7 Å². The van der Waals surface area contributed by atoms with Gasteiger partial charge in [-0.25, -0.2) is 8.42 Å². The minimum atomic E-state index is -3.39. The number of carbonyl (C=O) groups excluding carboxylic acids is 1. The molecular weight excluding hydrogens is 258 g/mol. The molecule has 0 aliphatic carbocycles. The monoisotopic (exact) mass is 273 g/mol. The first-order chi connectivity index (χ1) is 8.04. The number of nitrogens with zero attached hydrogens (tertiary/aromatic N) is 1. The van der Waals surface area contributed by atoms with Crippen molar-refractivity contribution in [2.45, 2.75) is 24.0 Å². The van der Waals surface area contributed by atoms with E-state index < -0.39 is 10.0 Å². The maximum Gasteiger partial charge on any atom is 0.252 e. The molecule has 6 heteroatoms. The lowest BCUT2D eigenvalue weighted by Crippen LogP contribution is -2.40. The van der Waals surface area contributed by atoms with Gasteiger partial charge in [0.05, 0.1) is 0 Å². The molecule has 2 heterocycles. The Morgan fingerprint density at radius 1 is 1.47 bits per heavy atom. The van der Waals surface area contributed by atoms with Crippen LogP contribution in [0.3, 0.4) is 0 Å². The molecule has 1 saturated heterocycles. The second-order valence-corrected chi connectivity index (χ2v) is 7.72. The third-order valence-electron chi connectivity index (χ3n) is 2.92. The van der Waals surface area contributed by atoms with E-state index in [0.29, 0.717) is 17.3 Å². The lowest BCUT2D eigenvalue weighted by molar-refractivity contribution is -0.112. The molecule has 0 aromatic carbocycles. The van der Waals surface area contributed by atoms with E-state index in [9.17, 15) is 13.2 Å². The summed E-state index contributed by atoms with van der Waals surface area (Å²) < 4.78 is 26.4. The zero-order valence-electron chi connectivity index (χ0n) is 9.63. The Morgan fingerprint density at radius 2 is 2.24 bits per heavy atom. The van der Waals surface area contributed by atoms with Crippen LogP contribution in [0.15, 0.2) is 16.3 Å². The average molecular weight is 273 g/mol. The molecule has 1 aliphatic rings. The second kappa shape index (κ2) is 4.88. The number of sulfonamides is 1. The fourth-order valence-corrected chi connectivity index (χ4v) is 4.95. The average Bonchev–Trinajstić information content (AvgIpc) is 2.76. The summed E-state index contributed by atoms with van der Waals surface area (Å²) in [6, 6.07) is 3.44. The lowest BCUT2D eigenvalue weighted by atomic mass is 10.0. The predicted molar refractivity (Wildman–Crippen MR) is 66.6 cm³/mol. The van der Waals surface area contributed by atoms with Crippen LogP contribution < -0.4 is 0 Å². The Labute approximate surface area is 105 Å². The van der Waals surface area contributed by atoms with Crippen LogP contribution in [0.2, 0.25) is 0 Å². The summed E-state index contributed by atoms with van der Waals surface area (Å²) in [7, 11) is -3.39. The van der Waals surface area contributed by atoms with E-state index >= 15 is 0 Å². The molecule has 0 N–H and O–H groups in total. The standard InChI is InChI=1S/C11H15NO3S2/c1-9-4-5-11(16-9)17(14,15)12-6-2-3-10(7-12)8-13/h4-5,8,10H,2-3,6-7H2,1H3. The molecule has 17 heavy (non-hydrogen) atoms. The molecule has 1 atom stereocenters. The van der Waals surface area contributed by atoms with Gasteiger partial charge in [0.2, 0.25) is 0 Å². The molecular formula is C11H15NO3S2. The van der Waals surface area contributed by atoms with Gasteiger partial charge in [0.25, 0.3) is 10.0 Å². The van der Waals surface area contributed by atoms with Gasteiger partial charge in [-0.05, 0) is 31.9 Å².